The molecule has 3 aromatic rings. The Morgan fingerprint density at radius 3 is 2.50 bits per heavy atom. The Morgan fingerprint density at radius 1 is 1.03 bits per heavy atom. The Labute approximate surface area is 199 Å². The molecule has 2 heterocycles. The third kappa shape index (κ3) is 3.58. The van der Waals surface area contributed by atoms with Gasteiger partial charge in [-0.3, -0.25) is 4.79 Å². The first-order valence-corrected chi connectivity index (χ1v) is 12.6. The number of hydrogen-bond acceptors (Lipinski definition) is 4. The van der Waals surface area contributed by atoms with Crippen molar-refractivity contribution in [3.63, 3.8) is 0 Å². The topological polar surface area (TPSA) is 60.9 Å². The van der Waals surface area contributed by atoms with Gasteiger partial charge in [-0.1, -0.05) is 36.4 Å². The molecule has 1 atom stereocenters. The maximum atomic E-state index is 13.6. The lowest BCUT2D eigenvalue weighted by molar-refractivity contribution is 0.0762. The molecule has 0 aliphatic carbocycles. The second-order valence-corrected chi connectivity index (χ2v) is 10.9. The highest BCUT2D eigenvalue weighted by Crippen LogP contribution is 2.50. The number of hydrogen-bond donors (Lipinski definition) is 0. The zero-order valence-corrected chi connectivity index (χ0v) is 19.9. The average Bonchev–Trinajstić information content (AvgIpc) is 3.35. The first kappa shape index (κ1) is 22.6. The van der Waals surface area contributed by atoms with E-state index in [1.807, 2.05) is 49.3 Å². The van der Waals surface area contributed by atoms with Crippen LogP contribution in [0.25, 0.3) is 0 Å². The number of fused-ring (bicyclic) bond motifs is 2. The van der Waals surface area contributed by atoms with Gasteiger partial charge in [0.05, 0.1) is 10.4 Å². The van der Waals surface area contributed by atoms with Crippen LogP contribution in [0.5, 0.6) is 0 Å². The zero-order chi connectivity index (χ0) is 24.1. The van der Waals surface area contributed by atoms with Crippen LogP contribution in [0, 0.1) is 5.82 Å². The number of carbonyl (C=O) groups excluding carboxylic acids is 1. The molecule has 3 aromatic carbocycles. The highest BCUT2D eigenvalue weighted by molar-refractivity contribution is 7.89. The highest BCUT2D eigenvalue weighted by Gasteiger charge is 2.57. The van der Waals surface area contributed by atoms with Crippen LogP contribution in [0.1, 0.15) is 27.9 Å². The molecule has 0 radical (unpaired) electrons. The first-order valence-electron chi connectivity index (χ1n) is 11.2. The molecule has 0 aromatic heterocycles. The van der Waals surface area contributed by atoms with Gasteiger partial charge in [-0.25, -0.2) is 12.8 Å². The van der Waals surface area contributed by atoms with Gasteiger partial charge in [0.15, 0.2) is 0 Å². The number of nitrogens with zero attached hydrogens (tertiary/aromatic N) is 3. The summed E-state index contributed by atoms with van der Waals surface area (Å²) in [7, 11) is 0.0542. The third-order valence-corrected chi connectivity index (χ3v) is 8.79. The Balaban J connectivity index is 1.52. The van der Waals surface area contributed by atoms with Crippen molar-refractivity contribution in [2.45, 2.75) is 23.4 Å². The van der Waals surface area contributed by atoms with Crippen molar-refractivity contribution >= 4 is 21.6 Å². The van der Waals surface area contributed by atoms with Crippen molar-refractivity contribution in [3.8, 4) is 0 Å². The van der Waals surface area contributed by atoms with Crippen molar-refractivity contribution in [3.05, 3.63) is 95.3 Å². The van der Waals surface area contributed by atoms with Gasteiger partial charge in [0, 0.05) is 45.0 Å². The van der Waals surface area contributed by atoms with Gasteiger partial charge in [-0.15, -0.1) is 0 Å². The van der Waals surface area contributed by atoms with Crippen LogP contribution >= 0.6 is 0 Å². The van der Waals surface area contributed by atoms with E-state index in [0.29, 0.717) is 24.1 Å². The minimum absolute atomic E-state index is 0.107. The largest absolute Gasteiger partial charge is 0.378 e. The molecule has 2 aliphatic heterocycles. The van der Waals surface area contributed by atoms with E-state index in [-0.39, 0.29) is 29.7 Å². The number of sulfonamides is 1. The van der Waals surface area contributed by atoms with E-state index in [1.54, 1.807) is 35.2 Å². The molecular formula is C26H26FN3O3S. The SMILES string of the molecule is CN(C)c1cccc(C(=O)N2CCC3(C2)c2ccccc2S(=O)(=O)N3Cc2ccc(F)cc2)c1. The Morgan fingerprint density at radius 2 is 1.76 bits per heavy atom. The molecule has 1 spiro atoms. The van der Waals surface area contributed by atoms with Crippen molar-refractivity contribution in [1.82, 2.24) is 9.21 Å². The molecule has 0 saturated carbocycles. The van der Waals surface area contributed by atoms with Gasteiger partial charge < -0.3 is 9.80 Å². The van der Waals surface area contributed by atoms with Gasteiger partial charge in [0.1, 0.15) is 5.82 Å². The Bertz CT molecular complexity index is 1360. The van der Waals surface area contributed by atoms with Crippen LogP contribution in [-0.2, 0) is 22.1 Å². The van der Waals surface area contributed by atoms with E-state index >= 15 is 0 Å². The summed E-state index contributed by atoms with van der Waals surface area (Å²) in [6, 6.07) is 20.3. The second kappa shape index (κ2) is 8.21. The summed E-state index contributed by atoms with van der Waals surface area (Å²) >= 11 is 0. The molecule has 1 amide bonds. The molecule has 1 fully saturated rings. The summed E-state index contributed by atoms with van der Waals surface area (Å²) in [6.45, 7) is 0.805. The van der Waals surface area contributed by atoms with Crippen LogP contribution < -0.4 is 4.90 Å². The van der Waals surface area contributed by atoms with Gasteiger partial charge in [-0.05, 0) is 53.9 Å². The first-order chi connectivity index (χ1) is 16.2. The van der Waals surface area contributed by atoms with Gasteiger partial charge in [0.25, 0.3) is 5.91 Å². The fourth-order valence-corrected chi connectivity index (χ4v) is 7.09. The second-order valence-electron chi connectivity index (χ2n) is 9.09. The highest BCUT2D eigenvalue weighted by atomic mass is 32.2. The fourth-order valence-electron chi connectivity index (χ4n) is 5.04. The third-order valence-electron chi connectivity index (χ3n) is 6.82. The molecule has 6 nitrogen and oxygen atoms in total. The summed E-state index contributed by atoms with van der Waals surface area (Å²) < 4.78 is 42.2. The van der Waals surface area contributed by atoms with Crippen LogP contribution in [-0.4, -0.2) is 50.7 Å². The molecule has 34 heavy (non-hydrogen) atoms. The molecule has 2 aliphatic rings. The number of benzene rings is 3. The van der Waals surface area contributed by atoms with Gasteiger partial charge >= 0.3 is 0 Å². The summed E-state index contributed by atoms with van der Waals surface area (Å²) in [5.74, 6) is -0.493. The van der Waals surface area contributed by atoms with Gasteiger partial charge in [-0.2, -0.15) is 4.31 Å². The minimum atomic E-state index is -3.78. The average molecular weight is 480 g/mol. The van der Waals surface area contributed by atoms with E-state index < -0.39 is 15.6 Å². The normalized spacial score (nSPS) is 21.1. The fraction of sp³-hybridized carbons (Fsp3) is 0.269. The van der Waals surface area contributed by atoms with Crippen molar-refractivity contribution in [1.29, 1.82) is 0 Å². The number of rotatable bonds is 4. The molecule has 5 rings (SSSR count). The smallest absolute Gasteiger partial charge is 0.254 e. The molecule has 1 saturated heterocycles. The number of anilines is 1. The summed E-state index contributed by atoms with van der Waals surface area (Å²) in [5.41, 5.74) is 2.04. The molecule has 176 valence electrons. The number of amides is 1. The van der Waals surface area contributed by atoms with Crippen molar-refractivity contribution in [2.75, 3.05) is 32.1 Å². The summed E-state index contributed by atoms with van der Waals surface area (Å²) in [4.78, 5) is 17.4. The zero-order valence-electron chi connectivity index (χ0n) is 19.1. The standard InChI is InChI=1S/C26H26FN3O3S/c1-28(2)22-7-5-6-20(16-22)25(31)29-15-14-26(18-29)23-8-3-4-9-24(23)34(32,33)30(26)17-19-10-12-21(27)13-11-19/h3-13,16H,14-15,17-18H2,1-2H3. The number of halogens is 1. The molecular weight excluding hydrogens is 453 g/mol. The van der Waals surface area contributed by atoms with E-state index in [9.17, 15) is 17.6 Å². The molecule has 1 unspecified atom stereocenters. The summed E-state index contributed by atoms with van der Waals surface area (Å²) in [6.07, 6.45) is 0.490. The van der Waals surface area contributed by atoms with E-state index in [1.165, 1.54) is 16.4 Å². The number of likely N-dealkylation sites (tertiary alicyclic amines) is 1. The Kier molecular flexibility index (Phi) is 5.45. The van der Waals surface area contributed by atoms with Crippen molar-refractivity contribution < 1.29 is 17.6 Å². The molecule has 0 N–H and O–H groups in total. The van der Waals surface area contributed by atoms with Crippen LogP contribution in [0.3, 0.4) is 0 Å². The maximum absolute atomic E-state index is 13.6. The monoisotopic (exact) mass is 479 g/mol. The lowest BCUT2D eigenvalue weighted by Gasteiger charge is -2.34. The van der Waals surface area contributed by atoms with E-state index in [4.69, 9.17) is 0 Å². The van der Waals surface area contributed by atoms with Crippen molar-refractivity contribution in [2.24, 2.45) is 0 Å². The number of carbonyl (C=O) groups is 1. The predicted octanol–water partition coefficient (Wildman–Crippen LogP) is 3.84. The van der Waals surface area contributed by atoms with Crippen LogP contribution in [0.4, 0.5) is 10.1 Å². The lowest BCUT2D eigenvalue weighted by atomic mass is 9.88. The van der Waals surface area contributed by atoms with Crippen LogP contribution in [0.2, 0.25) is 0 Å². The minimum Gasteiger partial charge on any atom is -0.378 e. The maximum Gasteiger partial charge on any atom is 0.254 e. The van der Waals surface area contributed by atoms with E-state index in [0.717, 1.165) is 11.3 Å². The Hall–Kier alpha value is -3.23. The molecule has 8 heteroatoms. The summed E-state index contributed by atoms with van der Waals surface area (Å²) in [5, 5.41) is 0. The van der Waals surface area contributed by atoms with Crippen LogP contribution in [0.15, 0.2) is 77.7 Å². The predicted molar refractivity (Wildman–Crippen MR) is 129 cm³/mol. The molecule has 0 bridgehead atoms. The lowest BCUT2D eigenvalue weighted by Crippen LogP contribution is -2.46. The van der Waals surface area contributed by atoms with E-state index in [2.05, 4.69) is 0 Å². The van der Waals surface area contributed by atoms with Gasteiger partial charge in [0.2, 0.25) is 10.0 Å². The quantitative estimate of drug-likeness (QED) is 0.571.